The Balaban J connectivity index is 1.90. The van der Waals surface area contributed by atoms with Crippen LogP contribution in [0.2, 0.25) is 0 Å². The molecule has 0 spiro atoms. The summed E-state index contributed by atoms with van der Waals surface area (Å²) in [6, 6.07) is 15.7. The third kappa shape index (κ3) is 7.24. The van der Waals surface area contributed by atoms with Crippen molar-refractivity contribution in [3.8, 4) is 0 Å². The van der Waals surface area contributed by atoms with Crippen LogP contribution in [0.3, 0.4) is 0 Å². The van der Waals surface area contributed by atoms with E-state index in [0.29, 0.717) is 12.2 Å². The molecule has 0 fully saturated rings. The molecule has 160 valence electrons. The lowest BCUT2D eigenvalue weighted by atomic mass is 10.2. The van der Waals surface area contributed by atoms with Crippen molar-refractivity contribution in [2.24, 2.45) is 0 Å². The summed E-state index contributed by atoms with van der Waals surface area (Å²) in [6.07, 6.45) is -1.51. The summed E-state index contributed by atoms with van der Waals surface area (Å²) in [5.74, 6) is -0.914. The van der Waals surface area contributed by atoms with E-state index in [0.717, 1.165) is 5.56 Å². The number of benzene rings is 2. The molecule has 0 aliphatic rings. The van der Waals surface area contributed by atoms with Crippen LogP contribution in [0.5, 0.6) is 0 Å². The number of carbonyl (C=O) groups excluding carboxylic acids is 3. The molecule has 1 N–H and O–H groups in total. The van der Waals surface area contributed by atoms with Gasteiger partial charge in [-0.25, -0.2) is 9.59 Å². The van der Waals surface area contributed by atoms with Crippen molar-refractivity contribution in [3.05, 3.63) is 65.7 Å². The highest BCUT2D eigenvalue weighted by Crippen LogP contribution is 2.14. The largest absolute Gasteiger partial charge is 0.449 e. The molecule has 2 rings (SSSR count). The summed E-state index contributed by atoms with van der Waals surface area (Å²) in [5.41, 5.74) is 1.13. The van der Waals surface area contributed by atoms with E-state index in [-0.39, 0.29) is 11.5 Å². The molecular weight excluding hydrogens is 384 g/mol. The van der Waals surface area contributed by atoms with Crippen LogP contribution in [-0.2, 0) is 20.8 Å². The number of hydrogen-bond donors (Lipinski definition) is 1. The Bertz CT molecular complexity index is 873. The number of ether oxygens (including phenoxy) is 2. The summed E-state index contributed by atoms with van der Waals surface area (Å²) in [7, 11) is 1.66. The first-order valence-electron chi connectivity index (χ1n) is 9.65. The third-order valence-electron chi connectivity index (χ3n) is 4.04. The van der Waals surface area contributed by atoms with Crippen molar-refractivity contribution >= 4 is 23.7 Å². The predicted octanol–water partition coefficient (Wildman–Crippen LogP) is 4.24. The zero-order valence-corrected chi connectivity index (χ0v) is 18.0. The smallest absolute Gasteiger partial charge is 0.412 e. The number of rotatable bonds is 6. The molecule has 0 aliphatic heterocycles. The monoisotopic (exact) mass is 412 g/mol. The van der Waals surface area contributed by atoms with Crippen molar-refractivity contribution in [1.29, 1.82) is 0 Å². The second-order valence-corrected chi connectivity index (χ2v) is 7.93. The van der Waals surface area contributed by atoms with Crippen LogP contribution >= 0.6 is 0 Å². The summed E-state index contributed by atoms with van der Waals surface area (Å²) in [4.78, 5) is 38.2. The first-order chi connectivity index (χ1) is 14.0. The van der Waals surface area contributed by atoms with Crippen LogP contribution in [0.4, 0.5) is 10.5 Å². The normalized spacial score (nSPS) is 11.9. The lowest BCUT2D eigenvalue weighted by molar-refractivity contribution is -0.139. The van der Waals surface area contributed by atoms with Gasteiger partial charge in [-0.15, -0.1) is 0 Å². The van der Waals surface area contributed by atoms with E-state index < -0.39 is 23.8 Å². The summed E-state index contributed by atoms with van der Waals surface area (Å²) in [5, 5.41) is 2.59. The Kier molecular flexibility index (Phi) is 7.58. The molecule has 30 heavy (non-hydrogen) atoms. The second kappa shape index (κ2) is 9.91. The van der Waals surface area contributed by atoms with Gasteiger partial charge in [-0.3, -0.25) is 10.1 Å². The molecule has 0 saturated heterocycles. The fourth-order valence-electron chi connectivity index (χ4n) is 2.64. The summed E-state index contributed by atoms with van der Waals surface area (Å²) >= 11 is 0. The van der Waals surface area contributed by atoms with Gasteiger partial charge in [0.25, 0.3) is 5.91 Å². The van der Waals surface area contributed by atoms with Gasteiger partial charge in [0, 0.05) is 19.3 Å². The predicted molar refractivity (Wildman–Crippen MR) is 114 cm³/mol. The quantitative estimate of drug-likeness (QED) is 0.718. The molecule has 0 radical (unpaired) electrons. The van der Waals surface area contributed by atoms with E-state index in [2.05, 4.69) is 5.32 Å². The van der Waals surface area contributed by atoms with Crippen LogP contribution in [0, 0.1) is 0 Å². The highest BCUT2D eigenvalue weighted by atomic mass is 16.6. The molecule has 1 atom stereocenters. The topological polar surface area (TPSA) is 84.9 Å². The Morgan fingerprint density at radius 1 is 1.00 bits per heavy atom. The van der Waals surface area contributed by atoms with Crippen molar-refractivity contribution in [2.75, 3.05) is 12.4 Å². The van der Waals surface area contributed by atoms with Gasteiger partial charge in [-0.05, 0) is 57.5 Å². The van der Waals surface area contributed by atoms with Crippen molar-refractivity contribution in [2.45, 2.75) is 45.9 Å². The Hall–Kier alpha value is -3.35. The molecule has 2 aromatic rings. The number of likely N-dealkylation sites (N-methyl/N-ethyl adjacent to an activating group) is 1. The summed E-state index contributed by atoms with van der Waals surface area (Å²) < 4.78 is 10.5. The molecule has 0 aliphatic carbocycles. The molecule has 2 aromatic carbocycles. The van der Waals surface area contributed by atoms with Gasteiger partial charge in [0.1, 0.15) is 5.60 Å². The van der Waals surface area contributed by atoms with Crippen molar-refractivity contribution in [1.82, 2.24) is 4.90 Å². The molecular formula is C23H28N2O5. The fourth-order valence-corrected chi connectivity index (χ4v) is 2.64. The fraction of sp³-hybridized carbons (Fsp3) is 0.348. The zero-order valence-electron chi connectivity index (χ0n) is 18.0. The number of nitrogens with zero attached hydrogens (tertiary/aromatic N) is 1. The Labute approximate surface area is 177 Å². The Morgan fingerprint density at radius 2 is 1.60 bits per heavy atom. The molecule has 7 heteroatoms. The molecule has 0 saturated carbocycles. The number of nitrogens with one attached hydrogen (secondary N) is 1. The average molecular weight is 412 g/mol. The van der Waals surface area contributed by atoms with E-state index in [1.165, 1.54) is 17.0 Å². The van der Waals surface area contributed by atoms with Crippen molar-refractivity contribution < 1.29 is 23.9 Å². The van der Waals surface area contributed by atoms with Crippen LogP contribution in [0.25, 0.3) is 0 Å². The second-order valence-electron chi connectivity index (χ2n) is 7.93. The molecule has 0 aromatic heterocycles. The zero-order chi connectivity index (χ0) is 22.3. The maximum absolute atomic E-state index is 12.5. The number of carbonyl (C=O) groups is 3. The van der Waals surface area contributed by atoms with E-state index in [9.17, 15) is 14.4 Å². The van der Waals surface area contributed by atoms with E-state index in [1.54, 1.807) is 46.9 Å². The van der Waals surface area contributed by atoms with Gasteiger partial charge >= 0.3 is 12.1 Å². The van der Waals surface area contributed by atoms with Crippen LogP contribution in [0.15, 0.2) is 54.6 Å². The maximum Gasteiger partial charge on any atom is 0.412 e. The number of amides is 2. The van der Waals surface area contributed by atoms with E-state index >= 15 is 0 Å². The molecule has 0 heterocycles. The van der Waals surface area contributed by atoms with Gasteiger partial charge in [-0.1, -0.05) is 30.3 Å². The van der Waals surface area contributed by atoms with Crippen LogP contribution < -0.4 is 5.32 Å². The highest BCUT2D eigenvalue weighted by Gasteiger charge is 2.22. The van der Waals surface area contributed by atoms with Crippen LogP contribution in [-0.4, -0.2) is 41.6 Å². The minimum Gasteiger partial charge on any atom is -0.449 e. The minimum absolute atomic E-state index is 0.273. The molecule has 7 nitrogen and oxygen atoms in total. The first-order valence-corrected chi connectivity index (χ1v) is 9.65. The van der Waals surface area contributed by atoms with Gasteiger partial charge in [0.15, 0.2) is 6.10 Å². The number of anilines is 1. The average Bonchev–Trinajstić information content (AvgIpc) is 2.67. The minimum atomic E-state index is -0.925. The summed E-state index contributed by atoms with van der Waals surface area (Å²) in [6.45, 7) is 7.27. The van der Waals surface area contributed by atoms with Gasteiger partial charge in [-0.2, -0.15) is 0 Å². The van der Waals surface area contributed by atoms with Gasteiger partial charge in [0.05, 0.1) is 5.56 Å². The van der Waals surface area contributed by atoms with Gasteiger partial charge < -0.3 is 14.4 Å². The number of hydrogen-bond acceptors (Lipinski definition) is 5. The number of esters is 1. The highest BCUT2D eigenvalue weighted by molar-refractivity contribution is 5.93. The lowest BCUT2D eigenvalue weighted by Crippen LogP contribution is -2.37. The van der Waals surface area contributed by atoms with Crippen molar-refractivity contribution in [3.63, 3.8) is 0 Å². The van der Waals surface area contributed by atoms with Crippen LogP contribution in [0.1, 0.15) is 43.6 Å². The van der Waals surface area contributed by atoms with Gasteiger partial charge in [0.2, 0.25) is 0 Å². The molecule has 0 unspecified atom stereocenters. The lowest BCUT2D eigenvalue weighted by Gasteiger charge is -2.21. The van der Waals surface area contributed by atoms with E-state index in [1.807, 2.05) is 30.3 Å². The van der Waals surface area contributed by atoms with E-state index in [4.69, 9.17) is 9.47 Å². The standard InChI is InChI=1S/C23H28N2O5/c1-16(20(26)25(5)15-17-9-7-6-8-10-17)29-21(27)18-11-13-19(14-12-18)24-22(28)30-23(2,3)4/h6-14,16H,15H2,1-5H3,(H,24,28)/t16-/m0/s1. The Morgan fingerprint density at radius 3 is 2.17 bits per heavy atom. The first kappa shape index (κ1) is 22.9. The maximum atomic E-state index is 12.5. The SMILES string of the molecule is C[C@H](OC(=O)c1ccc(NC(=O)OC(C)(C)C)cc1)C(=O)N(C)Cc1ccccc1. The molecule has 0 bridgehead atoms. The third-order valence-corrected chi connectivity index (χ3v) is 4.04. The molecule has 2 amide bonds.